The first-order chi connectivity index (χ1) is 8.13. The molecule has 0 aromatic rings. The summed E-state index contributed by atoms with van der Waals surface area (Å²) in [4.78, 5) is 25.0. The van der Waals surface area contributed by atoms with Crippen LogP contribution in [-0.2, 0) is 9.59 Å². The maximum atomic E-state index is 11.7. The molecular weight excluding hydrogens is 254 g/mol. The van der Waals surface area contributed by atoms with Crippen LogP contribution in [0.25, 0.3) is 0 Å². The summed E-state index contributed by atoms with van der Waals surface area (Å²) in [6.45, 7) is 3.86. The Bertz CT molecular complexity index is 245. The van der Waals surface area contributed by atoms with E-state index >= 15 is 0 Å². The largest absolute Gasteiger partial charge is 0.332 e. The van der Waals surface area contributed by atoms with Crippen molar-refractivity contribution >= 4 is 35.2 Å². The molecule has 1 atom stereocenters. The molecule has 1 rings (SSSR count). The van der Waals surface area contributed by atoms with Crippen molar-refractivity contribution in [2.24, 2.45) is 0 Å². The van der Waals surface area contributed by atoms with Gasteiger partial charge in [0.05, 0.1) is 6.04 Å². The molecule has 1 fully saturated rings. The molecule has 17 heavy (non-hydrogen) atoms. The molecule has 0 saturated carbocycles. The monoisotopic (exact) mass is 275 g/mol. The summed E-state index contributed by atoms with van der Waals surface area (Å²) in [5.74, 6) is 4.37. The Kier molecular flexibility index (Phi) is 7.04. The minimum Gasteiger partial charge on any atom is -0.332 e. The number of thioether (sulfide) groups is 2. The maximum Gasteiger partial charge on any atom is 0.220 e. The molecule has 0 aliphatic carbocycles. The Morgan fingerprint density at radius 1 is 1.06 bits per heavy atom. The van der Waals surface area contributed by atoms with Crippen molar-refractivity contribution in [1.29, 1.82) is 0 Å². The van der Waals surface area contributed by atoms with Gasteiger partial charge in [-0.25, -0.2) is 0 Å². The second-order valence-electron chi connectivity index (χ2n) is 4.21. The summed E-state index contributed by atoms with van der Waals surface area (Å²) >= 11 is 3.77. The van der Waals surface area contributed by atoms with Gasteiger partial charge >= 0.3 is 0 Å². The molecule has 1 unspecified atom stereocenters. The van der Waals surface area contributed by atoms with Crippen molar-refractivity contribution < 1.29 is 9.59 Å². The minimum atomic E-state index is -0.210. The number of amides is 1. The number of carbonyl (C=O) groups is 2. The quantitative estimate of drug-likeness (QED) is 0.734. The predicted molar refractivity (Wildman–Crippen MR) is 75.7 cm³/mol. The van der Waals surface area contributed by atoms with Crippen LogP contribution >= 0.6 is 23.5 Å². The molecule has 1 aliphatic rings. The van der Waals surface area contributed by atoms with E-state index in [2.05, 4.69) is 0 Å². The summed E-state index contributed by atoms with van der Waals surface area (Å²) in [6.07, 6.45) is 2.02. The minimum absolute atomic E-state index is 0.0232. The van der Waals surface area contributed by atoms with Crippen LogP contribution in [-0.4, -0.2) is 52.2 Å². The molecule has 1 heterocycles. The van der Waals surface area contributed by atoms with E-state index < -0.39 is 0 Å². The standard InChI is InChI=1S/C12H21NO2S2/c1-10(14)12-4-8-16-6-3-7-17-9-5-13(12)11(2)15/h12H,3-9H2,1-2H3. The van der Waals surface area contributed by atoms with Crippen LogP contribution in [0.4, 0.5) is 0 Å². The number of hydrogen-bond acceptors (Lipinski definition) is 4. The zero-order chi connectivity index (χ0) is 12.7. The van der Waals surface area contributed by atoms with Crippen molar-refractivity contribution in [3.63, 3.8) is 0 Å². The zero-order valence-corrected chi connectivity index (χ0v) is 12.2. The fourth-order valence-corrected chi connectivity index (χ4v) is 3.94. The van der Waals surface area contributed by atoms with Gasteiger partial charge in [0.15, 0.2) is 5.78 Å². The molecule has 0 radical (unpaired) electrons. The smallest absolute Gasteiger partial charge is 0.220 e. The van der Waals surface area contributed by atoms with Gasteiger partial charge in [-0.1, -0.05) is 0 Å². The molecule has 1 aliphatic heterocycles. The molecule has 0 bridgehead atoms. The van der Waals surface area contributed by atoms with Crippen LogP contribution in [0.2, 0.25) is 0 Å². The van der Waals surface area contributed by atoms with Crippen molar-refractivity contribution in [3.05, 3.63) is 0 Å². The third-order valence-corrected chi connectivity index (χ3v) is 4.99. The van der Waals surface area contributed by atoms with Crippen molar-refractivity contribution in [3.8, 4) is 0 Å². The fourth-order valence-electron chi connectivity index (χ4n) is 1.94. The zero-order valence-electron chi connectivity index (χ0n) is 10.6. The summed E-state index contributed by atoms with van der Waals surface area (Å²) < 4.78 is 0. The van der Waals surface area contributed by atoms with E-state index in [-0.39, 0.29) is 17.7 Å². The Morgan fingerprint density at radius 2 is 1.71 bits per heavy atom. The summed E-state index contributed by atoms with van der Waals surface area (Å²) in [5.41, 5.74) is 0. The van der Waals surface area contributed by atoms with Crippen LogP contribution in [0.5, 0.6) is 0 Å². The summed E-state index contributed by atoms with van der Waals surface area (Å²) in [6, 6.07) is -0.210. The molecule has 0 N–H and O–H groups in total. The van der Waals surface area contributed by atoms with E-state index in [1.165, 1.54) is 6.42 Å². The van der Waals surface area contributed by atoms with Gasteiger partial charge in [0.25, 0.3) is 0 Å². The Labute approximate surface area is 112 Å². The second-order valence-corrected chi connectivity index (χ2v) is 6.66. The van der Waals surface area contributed by atoms with Crippen LogP contribution in [0.15, 0.2) is 0 Å². The topological polar surface area (TPSA) is 37.4 Å². The number of carbonyl (C=O) groups excluding carboxylic acids is 2. The highest BCUT2D eigenvalue weighted by Crippen LogP contribution is 2.16. The first kappa shape index (κ1) is 14.9. The molecule has 0 spiro atoms. The van der Waals surface area contributed by atoms with Crippen molar-refractivity contribution in [1.82, 2.24) is 4.90 Å². The van der Waals surface area contributed by atoms with E-state index in [9.17, 15) is 9.59 Å². The average molecular weight is 275 g/mol. The molecule has 1 amide bonds. The van der Waals surface area contributed by atoms with E-state index in [0.29, 0.717) is 6.54 Å². The Hall–Kier alpha value is -0.160. The fraction of sp³-hybridized carbons (Fsp3) is 0.833. The van der Waals surface area contributed by atoms with Gasteiger partial charge in [-0.05, 0) is 37.0 Å². The lowest BCUT2D eigenvalue weighted by atomic mass is 10.1. The lowest BCUT2D eigenvalue weighted by Gasteiger charge is -2.28. The first-order valence-corrected chi connectivity index (χ1v) is 8.37. The number of ketones is 1. The summed E-state index contributed by atoms with van der Waals surface area (Å²) in [5, 5.41) is 0. The molecule has 3 nitrogen and oxygen atoms in total. The van der Waals surface area contributed by atoms with Crippen LogP contribution in [0, 0.1) is 0 Å². The van der Waals surface area contributed by atoms with Gasteiger partial charge in [0, 0.05) is 19.2 Å². The number of rotatable bonds is 1. The highest BCUT2D eigenvalue weighted by molar-refractivity contribution is 8.00. The molecule has 1 saturated heterocycles. The van der Waals surface area contributed by atoms with Gasteiger partial charge in [-0.3, -0.25) is 9.59 Å². The molecule has 0 aromatic carbocycles. The molecule has 5 heteroatoms. The van der Waals surface area contributed by atoms with Gasteiger partial charge in [0.2, 0.25) is 5.91 Å². The SMILES string of the molecule is CC(=O)C1CCSCCCSCCN1C(C)=O. The van der Waals surface area contributed by atoms with E-state index in [1.807, 2.05) is 23.5 Å². The van der Waals surface area contributed by atoms with Crippen LogP contribution < -0.4 is 0 Å². The summed E-state index contributed by atoms with van der Waals surface area (Å²) in [7, 11) is 0. The lowest BCUT2D eigenvalue weighted by Crippen LogP contribution is -2.44. The molecular formula is C12H21NO2S2. The van der Waals surface area contributed by atoms with Gasteiger partial charge in [-0.2, -0.15) is 23.5 Å². The van der Waals surface area contributed by atoms with Crippen LogP contribution in [0.3, 0.4) is 0 Å². The lowest BCUT2D eigenvalue weighted by molar-refractivity contribution is -0.136. The third kappa shape index (κ3) is 5.34. The number of Topliss-reactive ketones (excluding diaryl/α,β-unsaturated/α-hetero) is 1. The maximum absolute atomic E-state index is 11.7. The van der Waals surface area contributed by atoms with E-state index in [4.69, 9.17) is 0 Å². The molecule has 0 aromatic heterocycles. The molecule has 98 valence electrons. The average Bonchev–Trinajstić information content (AvgIpc) is 2.31. The second kappa shape index (κ2) is 8.03. The first-order valence-electron chi connectivity index (χ1n) is 6.06. The van der Waals surface area contributed by atoms with Crippen LogP contribution in [0.1, 0.15) is 26.7 Å². The van der Waals surface area contributed by atoms with Gasteiger partial charge in [-0.15, -0.1) is 0 Å². The number of nitrogens with zero attached hydrogens (tertiary/aromatic N) is 1. The van der Waals surface area contributed by atoms with Crippen molar-refractivity contribution in [2.75, 3.05) is 29.6 Å². The van der Waals surface area contributed by atoms with Gasteiger partial charge in [0.1, 0.15) is 0 Å². The van der Waals surface area contributed by atoms with Crippen molar-refractivity contribution in [2.45, 2.75) is 32.7 Å². The Balaban J connectivity index is 2.68. The highest BCUT2D eigenvalue weighted by Gasteiger charge is 2.24. The van der Waals surface area contributed by atoms with E-state index in [0.717, 1.165) is 29.4 Å². The third-order valence-electron chi connectivity index (χ3n) is 2.84. The van der Waals surface area contributed by atoms with E-state index in [1.54, 1.807) is 18.7 Å². The predicted octanol–water partition coefficient (Wildman–Crippen LogP) is 2.05. The highest BCUT2D eigenvalue weighted by atomic mass is 32.2. The van der Waals surface area contributed by atoms with Gasteiger partial charge < -0.3 is 4.90 Å². The number of hydrogen-bond donors (Lipinski definition) is 0. The Morgan fingerprint density at radius 3 is 2.29 bits per heavy atom. The normalized spacial score (nSPS) is 23.9.